The Kier molecular flexibility index (Phi) is 3.88. The highest BCUT2D eigenvalue weighted by Crippen LogP contribution is 2.41. The van der Waals surface area contributed by atoms with Crippen molar-refractivity contribution in [2.45, 2.75) is 24.9 Å². The molecule has 0 bridgehead atoms. The van der Waals surface area contributed by atoms with Crippen molar-refractivity contribution >= 4 is 5.71 Å². The van der Waals surface area contributed by atoms with E-state index in [1.54, 1.807) is 48.5 Å². The quantitative estimate of drug-likeness (QED) is 0.815. The fourth-order valence-electron chi connectivity index (χ4n) is 2.69. The third kappa shape index (κ3) is 2.71. The minimum Gasteiger partial charge on any atom is -0.383 e. The fraction of sp³-hybridized carbons (Fsp3) is 0.235. The van der Waals surface area contributed by atoms with E-state index in [2.05, 4.69) is 5.16 Å². The van der Waals surface area contributed by atoms with Crippen molar-refractivity contribution in [3.63, 3.8) is 0 Å². The summed E-state index contributed by atoms with van der Waals surface area (Å²) in [6.07, 6.45) is -2.92. The summed E-state index contributed by atoms with van der Waals surface area (Å²) in [5.74, 6) is -0.439. The molecule has 0 saturated carbocycles. The molecule has 2 aromatic rings. The van der Waals surface area contributed by atoms with E-state index in [1.165, 1.54) is 6.07 Å². The van der Waals surface area contributed by atoms with Gasteiger partial charge in [0.25, 0.3) is 0 Å². The number of halogens is 3. The Hall–Kier alpha value is -2.30. The molecule has 3 rings (SSSR count). The molecule has 5 heteroatoms. The van der Waals surface area contributed by atoms with E-state index >= 15 is 0 Å². The Morgan fingerprint density at radius 3 is 2.41 bits per heavy atom. The molecule has 0 aliphatic carbocycles. The van der Waals surface area contributed by atoms with Crippen LogP contribution in [0.5, 0.6) is 0 Å². The van der Waals surface area contributed by atoms with E-state index in [1.807, 2.05) is 0 Å². The Morgan fingerprint density at radius 1 is 1.05 bits per heavy atom. The highest BCUT2D eigenvalue weighted by atomic mass is 19.3. The minimum atomic E-state index is -2.55. The number of rotatable bonds is 4. The zero-order valence-electron chi connectivity index (χ0n) is 11.7. The maximum Gasteiger partial charge on any atom is 0.242 e. The summed E-state index contributed by atoms with van der Waals surface area (Å²) < 4.78 is 39.9. The summed E-state index contributed by atoms with van der Waals surface area (Å²) in [5.41, 5.74) is 0.00936. The molecule has 114 valence electrons. The lowest BCUT2D eigenvalue weighted by atomic mass is 9.84. The van der Waals surface area contributed by atoms with Gasteiger partial charge in [-0.3, -0.25) is 0 Å². The van der Waals surface area contributed by atoms with Crippen LogP contribution in [-0.2, 0) is 10.4 Å². The van der Waals surface area contributed by atoms with Gasteiger partial charge in [0.1, 0.15) is 5.82 Å². The number of alkyl halides is 2. The van der Waals surface area contributed by atoms with E-state index in [9.17, 15) is 13.2 Å². The number of hydrogen-bond donors (Lipinski definition) is 0. The molecule has 0 aromatic heterocycles. The van der Waals surface area contributed by atoms with Crippen LogP contribution in [0.25, 0.3) is 0 Å². The van der Waals surface area contributed by atoms with Crippen LogP contribution >= 0.6 is 0 Å². The zero-order chi connectivity index (χ0) is 15.6. The van der Waals surface area contributed by atoms with Gasteiger partial charge in [0, 0.05) is 12.0 Å². The number of hydrogen-bond acceptors (Lipinski definition) is 2. The van der Waals surface area contributed by atoms with E-state index in [4.69, 9.17) is 4.84 Å². The Balaban J connectivity index is 1.94. The topological polar surface area (TPSA) is 21.6 Å². The Bertz CT molecular complexity index is 687. The second kappa shape index (κ2) is 5.83. The van der Waals surface area contributed by atoms with Crippen LogP contribution < -0.4 is 0 Å². The average molecular weight is 305 g/mol. The number of nitrogens with zero attached hydrogens (tertiary/aromatic N) is 1. The standard InChI is InChI=1S/C17H14F3NO/c18-14-9-5-4-8-13(14)15-10-17(22-21-15,11-16(19)20)12-6-2-1-3-7-12/h1-9,16H,10-11H2. The first kappa shape index (κ1) is 14.6. The molecule has 1 heterocycles. The van der Waals surface area contributed by atoms with Gasteiger partial charge in [-0.15, -0.1) is 0 Å². The molecule has 0 saturated heterocycles. The van der Waals surface area contributed by atoms with Gasteiger partial charge >= 0.3 is 0 Å². The van der Waals surface area contributed by atoms with Gasteiger partial charge in [-0.05, 0) is 11.6 Å². The van der Waals surface area contributed by atoms with Gasteiger partial charge in [0.15, 0.2) is 5.60 Å². The molecule has 22 heavy (non-hydrogen) atoms. The van der Waals surface area contributed by atoms with E-state index in [0.717, 1.165) is 0 Å². The molecule has 2 aromatic carbocycles. The molecule has 1 aliphatic rings. The summed E-state index contributed by atoms with van der Waals surface area (Å²) in [6, 6.07) is 14.9. The Labute approximate surface area is 126 Å². The first-order chi connectivity index (χ1) is 10.6. The van der Waals surface area contributed by atoms with Crippen LogP contribution in [0, 0.1) is 5.82 Å². The largest absolute Gasteiger partial charge is 0.383 e. The lowest BCUT2D eigenvalue weighted by Gasteiger charge is -2.26. The molecule has 0 N–H and O–H groups in total. The fourth-order valence-corrected chi connectivity index (χ4v) is 2.69. The molecule has 2 nitrogen and oxygen atoms in total. The summed E-state index contributed by atoms with van der Waals surface area (Å²) in [5, 5.41) is 3.89. The number of benzene rings is 2. The maximum absolute atomic E-state index is 13.9. The van der Waals surface area contributed by atoms with Crippen molar-refractivity contribution in [2.24, 2.45) is 5.16 Å². The van der Waals surface area contributed by atoms with Crippen LogP contribution in [0.1, 0.15) is 24.0 Å². The van der Waals surface area contributed by atoms with Crippen molar-refractivity contribution < 1.29 is 18.0 Å². The molecular formula is C17H14F3NO. The predicted octanol–water partition coefficient (Wildman–Crippen LogP) is 4.50. The van der Waals surface area contributed by atoms with Gasteiger partial charge in [-0.2, -0.15) is 0 Å². The van der Waals surface area contributed by atoms with Crippen LogP contribution in [0.3, 0.4) is 0 Å². The molecule has 0 fully saturated rings. The summed E-state index contributed by atoms with van der Waals surface area (Å²) in [4.78, 5) is 5.40. The van der Waals surface area contributed by atoms with Crippen molar-refractivity contribution in [3.05, 3.63) is 71.5 Å². The highest BCUT2D eigenvalue weighted by Gasteiger charge is 2.44. The SMILES string of the molecule is Fc1ccccc1C1=NOC(CC(F)F)(c2ccccc2)C1. The summed E-state index contributed by atoms with van der Waals surface area (Å²) in [7, 11) is 0. The van der Waals surface area contributed by atoms with E-state index in [0.29, 0.717) is 11.3 Å². The van der Waals surface area contributed by atoms with Crippen LogP contribution in [0.15, 0.2) is 59.8 Å². The predicted molar refractivity (Wildman–Crippen MR) is 77.4 cm³/mol. The molecule has 1 atom stereocenters. The second-order valence-corrected chi connectivity index (χ2v) is 5.24. The van der Waals surface area contributed by atoms with Crippen molar-refractivity contribution in [1.82, 2.24) is 0 Å². The third-order valence-electron chi connectivity index (χ3n) is 3.75. The molecule has 0 amide bonds. The smallest absolute Gasteiger partial charge is 0.242 e. The van der Waals surface area contributed by atoms with E-state index in [-0.39, 0.29) is 12.0 Å². The first-order valence-electron chi connectivity index (χ1n) is 6.94. The minimum absolute atomic E-state index is 0.113. The van der Waals surface area contributed by atoms with Gasteiger partial charge in [0.2, 0.25) is 6.43 Å². The van der Waals surface area contributed by atoms with Crippen molar-refractivity contribution in [3.8, 4) is 0 Å². The van der Waals surface area contributed by atoms with Crippen LogP contribution in [0.2, 0.25) is 0 Å². The van der Waals surface area contributed by atoms with Crippen molar-refractivity contribution in [1.29, 1.82) is 0 Å². The molecule has 1 unspecified atom stereocenters. The lowest BCUT2D eigenvalue weighted by molar-refractivity contribution is -0.0650. The maximum atomic E-state index is 13.9. The van der Waals surface area contributed by atoms with Gasteiger partial charge < -0.3 is 4.84 Å². The van der Waals surface area contributed by atoms with Crippen molar-refractivity contribution in [2.75, 3.05) is 0 Å². The summed E-state index contributed by atoms with van der Waals surface area (Å²) >= 11 is 0. The highest BCUT2D eigenvalue weighted by molar-refractivity contribution is 6.01. The van der Waals surface area contributed by atoms with Gasteiger partial charge in [-0.1, -0.05) is 53.7 Å². The molecular weight excluding hydrogens is 291 g/mol. The van der Waals surface area contributed by atoms with Gasteiger partial charge in [-0.25, -0.2) is 13.2 Å². The molecule has 0 radical (unpaired) electrons. The van der Waals surface area contributed by atoms with Crippen LogP contribution in [-0.4, -0.2) is 12.1 Å². The molecule has 1 aliphatic heterocycles. The summed E-state index contributed by atoms with van der Waals surface area (Å²) in [6.45, 7) is 0. The Morgan fingerprint density at radius 2 is 1.73 bits per heavy atom. The molecule has 0 spiro atoms. The first-order valence-corrected chi connectivity index (χ1v) is 6.94. The lowest BCUT2D eigenvalue weighted by Crippen LogP contribution is -2.29. The monoisotopic (exact) mass is 305 g/mol. The second-order valence-electron chi connectivity index (χ2n) is 5.24. The third-order valence-corrected chi connectivity index (χ3v) is 3.75. The van der Waals surface area contributed by atoms with E-state index < -0.39 is 24.3 Å². The van der Waals surface area contributed by atoms with Crippen LogP contribution in [0.4, 0.5) is 13.2 Å². The number of oxime groups is 1. The normalized spacial score (nSPS) is 20.8. The van der Waals surface area contributed by atoms with Gasteiger partial charge in [0.05, 0.1) is 12.1 Å². The zero-order valence-corrected chi connectivity index (χ0v) is 11.7. The average Bonchev–Trinajstić information content (AvgIpc) is 2.93.